The number of rotatable bonds is 16. The van der Waals surface area contributed by atoms with Gasteiger partial charge in [-0.05, 0) is 215 Å². The van der Waals surface area contributed by atoms with Crippen LogP contribution in [0.25, 0.3) is 0 Å². The number of aromatic nitrogens is 16. The van der Waals surface area contributed by atoms with Crippen molar-refractivity contribution in [1.29, 1.82) is 0 Å². The molecule has 6 saturated carbocycles. The number of piperidine rings is 7. The van der Waals surface area contributed by atoms with E-state index < -0.39 is 0 Å². The molecular weight excluding hydrogens is 2500 g/mol. The Kier molecular flexibility index (Phi) is 35.6. The number of nitrogens with zero attached hydrogens (tertiary/aromatic N) is 24. The molecule has 0 aromatic carbocycles. The van der Waals surface area contributed by atoms with Gasteiger partial charge in [0, 0.05) is 242 Å². The zero-order valence-corrected chi connectivity index (χ0v) is 97.4. The van der Waals surface area contributed by atoms with Crippen LogP contribution in [0.2, 0.25) is 0 Å². The van der Waals surface area contributed by atoms with Gasteiger partial charge < -0.3 is 91.2 Å². The van der Waals surface area contributed by atoms with Gasteiger partial charge in [0.15, 0.2) is 31.3 Å². The molecule has 17 fully saturated rings. The summed E-state index contributed by atoms with van der Waals surface area (Å²) >= 11 is 39.2. The smallest absolute Gasteiger partial charge is 0.217 e. The average molecular weight is 2610 g/mol. The van der Waals surface area contributed by atoms with Gasteiger partial charge in [-0.1, -0.05) is 97.1 Å². The van der Waals surface area contributed by atoms with Crippen LogP contribution in [0, 0.1) is 70.0 Å². The van der Waals surface area contributed by atoms with Crippen molar-refractivity contribution in [2.75, 3.05) is 157 Å². The lowest BCUT2D eigenvalue weighted by atomic mass is 9.61. The van der Waals surface area contributed by atoms with E-state index in [2.05, 4.69) is 291 Å². The van der Waals surface area contributed by atoms with Gasteiger partial charge in [-0.3, -0.25) is 38.4 Å². The molecule has 42 nitrogen and oxygen atoms in total. The molecule has 11 saturated heterocycles. The predicted molar refractivity (Wildman–Crippen MR) is 569 cm³/mol. The Morgan fingerprint density at radius 1 is 0.277 bits per heavy atom. The maximum absolute atomic E-state index is 11.3. The van der Waals surface area contributed by atoms with Crippen molar-refractivity contribution in [1.82, 2.24) is 124 Å². The van der Waals surface area contributed by atoms with Crippen LogP contribution in [0.15, 0.2) is 31.3 Å². The first-order valence-corrected chi connectivity index (χ1v) is 59.6. The van der Waals surface area contributed by atoms with Gasteiger partial charge in [0.1, 0.15) is 0 Å². The van der Waals surface area contributed by atoms with Gasteiger partial charge in [-0.2, -0.15) is 0 Å². The Morgan fingerprint density at radius 3 is 0.872 bits per heavy atom. The minimum Gasteiger partial charge on any atom is -0.381 e. The van der Waals surface area contributed by atoms with Crippen molar-refractivity contribution in [3.63, 3.8) is 0 Å². The summed E-state index contributed by atoms with van der Waals surface area (Å²) in [6.45, 7) is 29.2. The normalized spacial score (nSPS) is 29.0. The fraction of sp³-hybridized carbons (Fsp3) is 0.711. The van der Waals surface area contributed by atoms with Crippen LogP contribution in [0.5, 0.6) is 0 Å². The van der Waals surface area contributed by atoms with E-state index in [9.17, 15) is 38.4 Å². The molecule has 58 heteroatoms. The molecule has 6 aliphatic carbocycles. The summed E-state index contributed by atoms with van der Waals surface area (Å²) in [6, 6.07) is 3.26. The fourth-order valence-corrected chi connectivity index (χ4v) is 31.9. The van der Waals surface area contributed by atoms with Crippen molar-refractivity contribution in [2.45, 2.75) is 186 Å². The first-order chi connectivity index (χ1) is 67.4. The van der Waals surface area contributed by atoms with Gasteiger partial charge in [-0.25, -0.2) is 0 Å². The van der Waals surface area contributed by atoms with E-state index in [1.54, 1.807) is 146 Å². The van der Waals surface area contributed by atoms with E-state index in [4.69, 9.17) is 9.47 Å². The summed E-state index contributed by atoms with van der Waals surface area (Å²) in [6.07, 6.45) is 12.3. The lowest BCUT2D eigenvalue weighted by Gasteiger charge is -2.58. The third-order valence-electron chi connectivity index (χ3n) is 28.6. The molecule has 141 heavy (non-hydrogen) atoms. The Hall–Kier alpha value is -5.60. The third-order valence-corrected chi connectivity index (χ3v) is 39.9. The van der Waals surface area contributed by atoms with Gasteiger partial charge >= 0.3 is 0 Å². The zero-order chi connectivity index (χ0) is 99.6. The molecule has 8 amide bonds. The van der Waals surface area contributed by atoms with Crippen LogP contribution < -0.4 is 81.7 Å². The third kappa shape index (κ3) is 27.4. The number of anilines is 8. The predicted octanol–water partition coefficient (Wildman–Crippen LogP) is 10.3. The zero-order valence-electron chi connectivity index (χ0n) is 78.2. The molecule has 17 aliphatic rings. The molecular formula is C83H110Br8N32O10S8. The summed E-state index contributed by atoms with van der Waals surface area (Å²) in [5, 5.41) is 97.1. The number of ether oxygens (including phenoxy) is 2. The molecule has 2 spiro atoms. The van der Waals surface area contributed by atoms with Gasteiger partial charge in [0.05, 0.1) is 38.5 Å². The summed E-state index contributed by atoms with van der Waals surface area (Å²) in [7, 11) is 0. The maximum atomic E-state index is 11.3. The number of amides is 8. The minimum absolute atomic E-state index is 0.0361. The van der Waals surface area contributed by atoms with Crippen LogP contribution in [0.3, 0.4) is 0 Å². The van der Waals surface area contributed by atoms with Crippen molar-refractivity contribution in [3.05, 3.63) is 31.3 Å². The number of nitrogens with one attached hydrogen (secondary N) is 8. The SMILES string of the molecule is CC(=O)NC1C2CCCC1CN(c1nnc(Br)s1)C2.CC(=O)NC1C2COCC1CN(c1nnc(Br)s1)C2.CC(=O)NC1CC2(C1)CN(c1nnc(Br)s1)C2.CC(=O)NC1CC2COCC(C1)N2c1nnc(Br)s1.CC(=O)NC1CCC2(C1)CN(c1nnc(Br)s1)C2.CC(=O)NC1[C@@H]2C[C@H]1CN(c1nnc(Br)s1)C2.CC(=O)NC1[C@H]2CN(c3nnc(Br)s3)C[C@@H]12.CC(=O)NC1[C@H]2CN(c3nnc(Br)s3)C[C@@H]12. The molecule has 25 rings (SSSR count). The maximum Gasteiger partial charge on any atom is 0.217 e. The molecule has 10 unspecified atom stereocenters. The number of hydrogen-bond donors (Lipinski definition) is 8. The average Bonchev–Trinajstić information content (AvgIpc) is 1.61. The lowest BCUT2D eigenvalue weighted by Crippen LogP contribution is -2.66. The van der Waals surface area contributed by atoms with Crippen LogP contribution >= 0.6 is 218 Å². The molecule has 19 heterocycles. The van der Waals surface area contributed by atoms with E-state index in [-0.39, 0.29) is 71.4 Å². The summed E-state index contributed by atoms with van der Waals surface area (Å²) < 4.78 is 17.8. The van der Waals surface area contributed by atoms with Crippen LogP contribution in [-0.4, -0.2) is 307 Å². The molecule has 0 radical (unpaired) electrons. The quantitative estimate of drug-likeness (QED) is 0.0445. The molecule has 766 valence electrons. The Morgan fingerprint density at radius 2 is 0.539 bits per heavy atom. The number of carbonyl (C=O) groups excluding carboxylic acids is 8. The van der Waals surface area contributed by atoms with Crippen molar-refractivity contribution < 1.29 is 47.8 Å². The summed E-state index contributed by atoms with van der Waals surface area (Å²) in [5.41, 5.74) is 0.816. The number of carbonyl (C=O) groups is 8. The van der Waals surface area contributed by atoms with Crippen molar-refractivity contribution in [3.8, 4) is 0 Å². The first kappa shape index (κ1) is 107. The van der Waals surface area contributed by atoms with Crippen molar-refractivity contribution in [2.24, 2.45) is 70.0 Å². The fourth-order valence-electron chi connectivity index (χ4n) is 23.0. The molecule has 8 aromatic heterocycles. The molecule has 8 bridgehead atoms. The van der Waals surface area contributed by atoms with Crippen molar-refractivity contribution >= 4 is 306 Å². The Balaban J connectivity index is 0.000000111. The highest BCUT2D eigenvalue weighted by Gasteiger charge is 2.59. The monoisotopic (exact) mass is 2600 g/mol. The molecule has 8 N–H and O–H groups in total. The highest BCUT2D eigenvalue weighted by atomic mass is 79.9. The van der Waals surface area contributed by atoms with Gasteiger partial charge in [-0.15, -0.1) is 81.6 Å². The second kappa shape index (κ2) is 47.1. The number of fused-ring (bicyclic) bond motifs is 10. The standard InChI is InChI=1S/C12H17BrN4OS.2C11H15BrN4O2S.C11H15BrN4OS.2C10H13BrN4OS.2C9H11BrN4OS/c1-7(18)14-10-8-3-2-4-9(10)6-17(5-8)12-16-15-11(13)19-12;1-6(17)13-9-7-2-16(3-8(9)5-18-4-7)11-15-14-10(12)19-11;1-6(17)13-7-2-8-4-18-5-9(3-7)16(8)11-15-14-10(12)19-11;1-7(17)13-8-2-3-11(4-8)5-16(6-11)10-15-14-9(12)18-10;1-6(16)12-7-2-10(3-7)4-15(5-10)9-14-13-8(11)17-9;1-5(16)12-8-6-2-7(8)4-15(3-6)10-14-13-9(11)17-10;2*1-4(15)11-7-5-2-14(3-6(5)7)9-13-12-8(10)16-9/h8-10H,2-6H2,1H3,(H,14,18);2*7-9H,2-5H2,1H3,(H,13,17);8H,2-6H2,1H3,(H,13,17);7H,2-5H2,1H3,(H,12,16);6-8H,2-4H2,1H3,(H,12,16);2*5-7H,2-3H2,1H3,(H,11,15)/t;;;;;6-,7+,8?;2*5-,6+,7?. The molecule has 16 atom stereocenters. The second-order valence-corrected chi connectivity index (χ2v) is 56.9. The summed E-state index contributed by atoms with van der Waals surface area (Å²) in [5.74, 6) is 5.83. The topological polar surface area (TPSA) is 483 Å². The van der Waals surface area contributed by atoms with Gasteiger partial charge in [0.2, 0.25) is 88.3 Å². The molecule has 8 aromatic rings. The highest BCUT2D eigenvalue weighted by molar-refractivity contribution is 9.12. The minimum atomic E-state index is 0.0361. The number of hydrogen-bond acceptors (Lipinski definition) is 42. The van der Waals surface area contributed by atoms with Crippen LogP contribution in [0.1, 0.15) is 126 Å². The van der Waals surface area contributed by atoms with E-state index in [0.717, 1.165) is 203 Å². The largest absolute Gasteiger partial charge is 0.381 e. The van der Waals surface area contributed by atoms with Crippen LogP contribution in [-0.2, 0) is 47.8 Å². The lowest BCUT2D eigenvalue weighted by molar-refractivity contribution is -0.123. The van der Waals surface area contributed by atoms with E-state index in [1.165, 1.54) is 32.1 Å². The van der Waals surface area contributed by atoms with E-state index >= 15 is 0 Å². The van der Waals surface area contributed by atoms with Gasteiger partial charge in [0.25, 0.3) is 0 Å². The van der Waals surface area contributed by atoms with E-state index in [0.29, 0.717) is 133 Å². The second-order valence-electron chi connectivity index (χ2n) is 39.1. The van der Waals surface area contributed by atoms with E-state index in [1.807, 2.05) is 0 Å². The Bertz CT molecular complexity index is 5460. The number of halogens is 8. The molecule has 11 aliphatic heterocycles. The summed E-state index contributed by atoms with van der Waals surface area (Å²) in [4.78, 5) is 107. The number of morpholine rings is 1. The highest BCUT2D eigenvalue weighted by Crippen LogP contribution is 2.54. The Labute approximate surface area is 914 Å². The van der Waals surface area contributed by atoms with Crippen LogP contribution in [0.4, 0.5) is 41.1 Å². The first-order valence-electron chi connectivity index (χ1n) is 46.7.